The Bertz CT molecular complexity index is 319. The van der Waals surface area contributed by atoms with Crippen molar-refractivity contribution in [2.75, 3.05) is 13.2 Å². The first-order valence-corrected chi connectivity index (χ1v) is 5.31. The molecule has 0 heterocycles. The van der Waals surface area contributed by atoms with E-state index in [1.54, 1.807) is 6.07 Å². The van der Waals surface area contributed by atoms with Gasteiger partial charge in [0.25, 0.3) is 0 Å². The van der Waals surface area contributed by atoms with Crippen LogP contribution >= 0.6 is 11.6 Å². The predicted molar refractivity (Wildman–Crippen MR) is 60.2 cm³/mol. The maximum absolute atomic E-state index is 9.30. The van der Waals surface area contributed by atoms with E-state index >= 15 is 0 Å². The summed E-state index contributed by atoms with van der Waals surface area (Å²) in [6.45, 7) is -0.279. The van der Waals surface area contributed by atoms with Crippen LogP contribution in [0.1, 0.15) is 5.56 Å². The maximum Gasteiger partial charge on any atom is 0.105 e. The summed E-state index contributed by atoms with van der Waals surface area (Å²) in [5.41, 5.74) is 0.815. The molecule has 1 aromatic carbocycles. The third-order valence-electron chi connectivity index (χ3n) is 2.14. The molecular formula is C11H15ClO4. The minimum absolute atomic E-state index is 0.0487. The summed E-state index contributed by atoms with van der Waals surface area (Å²) in [4.78, 5) is 0. The number of aliphatic hydroxyl groups excluding tert-OH is 3. The van der Waals surface area contributed by atoms with Gasteiger partial charge in [-0.1, -0.05) is 29.8 Å². The van der Waals surface area contributed by atoms with Crippen LogP contribution in [0.25, 0.3) is 0 Å². The highest BCUT2D eigenvalue weighted by molar-refractivity contribution is 6.31. The minimum atomic E-state index is -1.17. The molecule has 0 saturated heterocycles. The molecule has 0 saturated carbocycles. The highest BCUT2D eigenvalue weighted by Gasteiger charge is 2.15. The van der Waals surface area contributed by atoms with Gasteiger partial charge < -0.3 is 20.1 Å². The van der Waals surface area contributed by atoms with E-state index in [1.807, 2.05) is 18.2 Å². The molecule has 0 aromatic heterocycles. The molecule has 0 aliphatic rings. The fourth-order valence-corrected chi connectivity index (χ4v) is 1.33. The highest BCUT2D eigenvalue weighted by atomic mass is 35.5. The average molecular weight is 247 g/mol. The van der Waals surface area contributed by atoms with E-state index in [-0.39, 0.29) is 13.2 Å². The first kappa shape index (κ1) is 13.4. The molecular weight excluding hydrogens is 232 g/mol. The fourth-order valence-electron chi connectivity index (χ4n) is 1.14. The first-order valence-electron chi connectivity index (χ1n) is 4.93. The Balaban J connectivity index is 2.33. The summed E-state index contributed by atoms with van der Waals surface area (Å²) in [7, 11) is 0. The van der Waals surface area contributed by atoms with Crippen molar-refractivity contribution in [3.8, 4) is 0 Å². The van der Waals surface area contributed by atoms with Gasteiger partial charge in [0.2, 0.25) is 0 Å². The molecule has 0 radical (unpaired) electrons. The molecule has 0 unspecified atom stereocenters. The lowest BCUT2D eigenvalue weighted by Crippen LogP contribution is -2.33. The van der Waals surface area contributed by atoms with Crippen molar-refractivity contribution < 1.29 is 20.1 Å². The SMILES string of the molecule is OC[C@H](O)[C@@H](O)COCc1ccccc1Cl. The van der Waals surface area contributed by atoms with Crippen molar-refractivity contribution in [1.29, 1.82) is 0 Å². The van der Waals surface area contributed by atoms with Crippen LogP contribution in [0.2, 0.25) is 5.02 Å². The second-order valence-corrected chi connectivity index (χ2v) is 3.83. The van der Waals surface area contributed by atoms with E-state index in [4.69, 9.17) is 26.6 Å². The van der Waals surface area contributed by atoms with Crippen molar-refractivity contribution in [3.63, 3.8) is 0 Å². The number of hydrogen-bond acceptors (Lipinski definition) is 4. The minimum Gasteiger partial charge on any atom is -0.394 e. The second kappa shape index (κ2) is 6.83. The first-order chi connectivity index (χ1) is 7.65. The van der Waals surface area contributed by atoms with Crippen LogP contribution in [0.15, 0.2) is 24.3 Å². The molecule has 4 nitrogen and oxygen atoms in total. The Hall–Kier alpha value is -0.650. The summed E-state index contributed by atoms with van der Waals surface area (Å²) >= 11 is 5.90. The molecule has 0 aliphatic heterocycles. The molecule has 0 bridgehead atoms. The second-order valence-electron chi connectivity index (χ2n) is 3.42. The Morgan fingerprint density at radius 3 is 2.50 bits per heavy atom. The van der Waals surface area contributed by atoms with Gasteiger partial charge in [-0.2, -0.15) is 0 Å². The Labute approximate surface area is 99.1 Å². The number of ether oxygens (including phenoxy) is 1. The van der Waals surface area contributed by atoms with E-state index in [1.165, 1.54) is 0 Å². The van der Waals surface area contributed by atoms with E-state index in [0.29, 0.717) is 5.02 Å². The number of aliphatic hydroxyl groups is 3. The van der Waals surface area contributed by atoms with E-state index in [9.17, 15) is 5.11 Å². The molecule has 0 amide bonds. The smallest absolute Gasteiger partial charge is 0.105 e. The van der Waals surface area contributed by atoms with Gasteiger partial charge in [-0.05, 0) is 11.6 Å². The van der Waals surface area contributed by atoms with Gasteiger partial charge in [0.15, 0.2) is 0 Å². The normalized spacial score (nSPS) is 14.8. The van der Waals surface area contributed by atoms with Gasteiger partial charge in [0.1, 0.15) is 12.2 Å². The van der Waals surface area contributed by atoms with E-state index in [0.717, 1.165) is 5.56 Å². The van der Waals surface area contributed by atoms with Crippen LogP contribution in [-0.4, -0.2) is 40.7 Å². The van der Waals surface area contributed by atoms with Crippen molar-refractivity contribution in [3.05, 3.63) is 34.9 Å². The molecule has 0 fully saturated rings. The molecule has 90 valence electrons. The van der Waals surface area contributed by atoms with Gasteiger partial charge in [0, 0.05) is 5.02 Å². The quantitative estimate of drug-likeness (QED) is 0.687. The summed E-state index contributed by atoms with van der Waals surface area (Å²) < 4.78 is 5.18. The Morgan fingerprint density at radius 1 is 1.19 bits per heavy atom. The van der Waals surface area contributed by atoms with E-state index < -0.39 is 18.8 Å². The fraction of sp³-hybridized carbons (Fsp3) is 0.455. The average Bonchev–Trinajstić information content (AvgIpc) is 2.30. The molecule has 0 aliphatic carbocycles. The van der Waals surface area contributed by atoms with Crippen molar-refractivity contribution in [1.82, 2.24) is 0 Å². The largest absolute Gasteiger partial charge is 0.394 e. The third-order valence-corrected chi connectivity index (χ3v) is 2.50. The standard InChI is InChI=1S/C11H15ClO4/c12-9-4-2-1-3-8(9)6-16-7-11(15)10(14)5-13/h1-4,10-11,13-15H,5-7H2/t10-,11-/m0/s1. The van der Waals surface area contributed by atoms with Crippen LogP contribution in [0.4, 0.5) is 0 Å². The molecule has 1 rings (SSSR count). The van der Waals surface area contributed by atoms with Crippen LogP contribution in [0.3, 0.4) is 0 Å². The summed E-state index contributed by atoms with van der Waals surface area (Å²) in [6.07, 6.45) is -2.27. The molecule has 3 N–H and O–H groups in total. The van der Waals surface area contributed by atoms with Crippen molar-refractivity contribution >= 4 is 11.6 Å². The maximum atomic E-state index is 9.30. The zero-order valence-corrected chi connectivity index (χ0v) is 9.47. The molecule has 2 atom stereocenters. The van der Waals surface area contributed by atoms with Gasteiger partial charge in [-0.3, -0.25) is 0 Å². The number of rotatable bonds is 6. The molecule has 0 spiro atoms. The Morgan fingerprint density at radius 2 is 1.88 bits per heavy atom. The van der Waals surface area contributed by atoms with Crippen LogP contribution in [-0.2, 0) is 11.3 Å². The Kier molecular flexibility index (Phi) is 5.73. The summed E-state index contributed by atoms with van der Waals surface area (Å²) in [5.74, 6) is 0. The number of hydrogen-bond donors (Lipinski definition) is 3. The zero-order chi connectivity index (χ0) is 12.0. The van der Waals surface area contributed by atoms with Gasteiger partial charge >= 0.3 is 0 Å². The number of halogens is 1. The molecule has 5 heteroatoms. The number of benzene rings is 1. The zero-order valence-electron chi connectivity index (χ0n) is 8.71. The van der Waals surface area contributed by atoms with E-state index in [2.05, 4.69) is 0 Å². The van der Waals surface area contributed by atoms with Crippen LogP contribution < -0.4 is 0 Å². The van der Waals surface area contributed by atoms with Gasteiger partial charge in [-0.25, -0.2) is 0 Å². The molecule has 16 heavy (non-hydrogen) atoms. The van der Waals surface area contributed by atoms with Gasteiger partial charge in [-0.15, -0.1) is 0 Å². The third kappa shape index (κ3) is 4.08. The van der Waals surface area contributed by atoms with Crippen LogP contribution in [0, 0.1) is 0 Å². The lowest BCUT2D eigenvalue weighted by Gasteiger charge is -2.15. The topological polar surface area (TPSA) is 69.9 Å². The summed E-state index contributed by atoms with van der Waals surface area (Å²) in [5, 5.41) is 27.5. The monoisotopic (exact) mass is 246 g/mol. The lowest BCUT2D eigenvalue weighted by atomic mass is 10.2. The van der Waals surface area contributed by atoms with Crippen molar-refractivity contribution in [2.45, 2.75) is 18.8 Å². The lowest BCUT2D eigenvalue weighted by molar-refractivity contribution is -0.0600. The van der Waals surface area contributed by atoms with Crippen LogP contribution in [0.5, 0.6) is 0 Å². The summed E-state index contributed by atoms with van der Waals surface area (Å²) in [6, 6.07) is 7.22. The highest BCUT2D eigenvalue weighted by Crippen LogP contribution is 2.15. The van der Waals surface area contributed by atoms with Crippen molar-refractivity contribution in [2.24, 2.45) is 0 Å². The predicted octanol–water partition coefficient (Wildman–Crippen LogP) is 0.571. The molecule has 1 aromatic rings. The van der Waals surface area contributed by atoms with Gasteiger partial charge in [0.05, 0.1) is 19.8 Å².